The average Bonchev–Trinajstić information content (AvgIpc) is 2.47. The highest BCUT2D eigenvalue weighted by atomic mass is 35.5. The number of amides is 1. The number of hydrogen-bond acceptors (Lipinski definition) is 3. The normalized spacial score (nSPS) is 16.6. The van der Waals surface area contributed by atoms with Crippen molar-refractivity contribution < 1.29 is 4.79 Å². The molecule has 0 aromatic heterocycles. The monoisotopic (exact) mass is 337 g/mol. The molecular weight excluding hydrogens is 310 g/mol. The van der Waals surface area contributed by atoms with Crippen LogP contribution in [-0.4, -0.2) is 55.5 Å². The van der Waals surface area contributed by atoms with E-state index in [1.807, 2.05) is 26.2 Å². The van der Waals surface area contributed by atoms with Crippen LogP contribution in [0.4, 0.5) is 0 Å². The number of hydrogen-bond donors (Lipinski definition) is 1. The van der Waals surface area contributed by atoms with E-state index in [4.69, 9.17) is 11.6 Å². The molecule has 23 heavy (non-hydrogen) atoms. The Bertz CT molecular complexity index is 528. The first kappa shape index (κ1) is 18.2. The molecule has 1 heterocycles. The third-order valence-corrected chi connectivity index (χ3v) is 4.89. The lowest BCUT2D eigenvalue weighted by Gasteiger charge is -2.32. The molecule has 1 amide bonds. The van der Waals surface area contributed by atoms with Gasteiger partial charge in [0.2, 0.25) is 5.91 Å². The summed E-state index contributed by atoms with van der Waals surface area (Å²) in [5, 5.41) is 4.48. The van der Waals surface area contributed by atoms with E-state index < -0.39 is 0 Å². The third kappa shape index (κ3) is 5.20. The number of carbonyl (C=O) groups is 1. The largest absolute Gasteiger partial charge is 0.348 e. The van der Waals surface area contributed by atoms with Gasteiger partial charge in [0.15, 0.2) is 0 Å². The van der Waals surface area contributed by atoms with Crippen LogP contribution in [0.5, 0.6) is 0 Å². The van der Waals surface area contributed by atoms with Gasteiger partial charge in [-0.25, -0.2) is 0 Å². The highest BCUT2D eigenvalue weighted by Gasteiger charge is 2.21. The molecule has 1 aromatic rings. The maximum atomic E-state index is 11.8. The van der Waals surface area contributed by atoms with Crippen LogP contribution in [0.2, 0.25) is 5.02 Å². The maximum Gasteiger partial charge on any atom is 0.236 e. The summed E-state index contributed by atoms with van der Waals surface area (Å²) in [6.07, 6.45) is 2.18. The molecule has 1 saturated heterocycles. The van der Waals surface area contributed by atoms with Gasteiger partial charge in [0, 0.05) is 44.8 Å². The molecule has 128 valence electrons. The Morgan fingerprint density at radius 1 is 1.26 bits per heavy atom. The molecule has 1 aliphatic rings. The molecule has 1 aliphatic heterocycles. The minimum absolute atomic E-state index is 0.184. The molecule has 0 bridgehead atoms. The number of piperidine rings is 1. The Kier molecular flexibility index (Phi) is 6.45. The van der Waals surface area contributed by atoms with Gasteiger partial charge in [-0.15, -0.1) is 0 Å². The molecule has 0 saturated carbocycles. The van der Waals surface area contributed by atoms with Crippen LogP contribution in [-0.2, 0) is 11.3 Å². The quantitative estimate of drug-likeness (QED) is 0.897. The van der Waals surface area contributed by atoms with E-state index in [2.05, 4.69) is 24.1 Å². The number of likely N-dealkylation sites (N-methyl/N-ethyl adjacent to an activating group) is 1. The zero-order valence-electron chi connectivity index (χ0n) is 14.7. The van der Waals surface area contributed by atoms with Crippen molar-refractivity contribution in [2.45, 2.75) is 39.3 Å². The van der Waals surface area contributed by atoms with E-state index in [9.17, 15) is 4.79 Å². The maximum absolute atomic E-state index is 11.8. The molecule has 1 aromatic carbocycles. The number of nitrogens with one attached hydrogen (secondary N) is 1. The fourth-order valence-electron chi connectivity index (χ4n) is 3.09. The fourth-order valence-corrected chi connectivity index (χ4v) is 3.42. The van der Waals surface area contributed by atoms with Crippen LogP contribution in [0.1, 0.15) is 29.5 Å². The number of carbonyl (C=O) groups excluding carboxylic acids is 1. The van der Waals surface area contributed by atoms with Gasteiger partial charge in [0.25, 0.3) is 0 Å². The minimum Gasteiger partial charge on any atom is -0.348 e. The van der Waals surface area contributed by atoms with Crippen LogP contribution in [0.15, 0.2) is 12.1 Å². The van der Waals surface area contributed by atoms with Gasteiger partial charge in [0.1, 0.15) is 0 Å². The predicted molar refractivity (Wildman–Crippen MR) is 95.9 cm³/mol. The molecule has 0 spiro atoms. The Morgan fingerprint density at radius 3 is 2.35 bits per heavy atom. The van der Waals surface area contributed by atoms with Gasteiger partial charge >= 0.3 is 0 Å². The standard InChI is InChI=1S/C18H28ClN3O/c1-13-9-15(19)10-14(2)17(13)11-20-16-5-7-22(8-6-16)12-18(23)21(3)4/h9-10,16,20H,5-8,11-12H2,1-4H3. The first-order chi connectivity index (χ1) is 10.9. The van der Waals surface area contributed by atoms with E-state index in [1.165, 1.54) is 16.7 Å². The number of nitrogens with zero attached hydrogens (tertiary/aromatic N) is 2. The van der Waals surface area contributed by atoms with Crippen LogP contribution in [0.25, 0.3) is 0 Å². The van der Waals surface area contributed by atoms with E-state index in [0.717, 1.165) is 37.5 Å². The van der Waals surface area contributed by atoms with Gasteiger partial charge in [-0.2, -0.15) is 0 Å². The zero-order valence-corrected chi connectivity index (χ0v) is 15.4. The Hall–Kier alpha value is -1.10. The van der Waals surface area contributed by atoms with E-state index in [1.54, 1.807) is 4.90 Å². The van der Waals surface area contributed by atoms with Gasteiger partial charge in [-0.05, 0) is 55.5 Å². The molecule has 2 rings (SSSR count). The van der Waals surface area contributed by atoms with Gasteiger partial charge < -0.3 is 10.2 Å². The van der Waals surface area contributed by atoms with Crippen molar-refractivity contribution in [3.8, 4) is 0 Å². The van der Waals surface area contributed by atoms with Crippen LogP contribution in [0.3, 0.4) is 0 Å². The minimum atomic E-state index is 0.184. The number of aryl methyl sites for hydroxylation is 2. The number of rotatable bonds is 5. The lowest BCUT2D eigenvalue weighted by molar-refractivity contribution is -0.130. The highest BCUT2D eigenvalue weighted by Crippen LogP contribution is 2.20. The zero-order chi connectivity index (χ0) is 17.0. The third-order valence-electron chi connectivity index (χ3n) is 4.67. The molecular formula is C18H28ClN3O. The van der Waals surface area contributed by atoms with Crippen molar-refractivity contribution in [1.82, 2.24) is 15.1 Å². The summed E-state index contributed by atoms with van der Waals surface area (Å²) in [5.41, 5.74) is 3.84. The summed E-state index contributed by atoms with van der Waals surface area (Å²) in [5.74, 6) is 0.184. The van der Waals surface area contributed by atoms with Crippen LogP contribution >= 0.6 is 11.6 Å². The number of benzene rings is 1. The summed E-state index contributed by atoms with van der Waals surface area (Å²) in [6, 6.07) is 4.58. The number of likely N-dealkylation sites (tertiary alicyclic amines) is 1. The molecule has 0 radical (unpaired) electrons. The molecule has 0 unspecified atom stereocenters. The molecule has 5 heteroatoms. The van der Waals surface area contributed by atoms with Crippen molar-refractivity contribution in [2.75, 3.05) is 33.7 Å². The summed E-state index contributed by atoms with van der Waals surface area (Å²) in [4.78, 5) is 15.7. The van der Waals surface area contributed by atoms with Crippen molar-refractivity contribution in [2.24, 2.45) is 0 Å². The Balaban J connectivity index is 1.80. The first-order valence-electron chi connectivity index (χ1n) is 8.28. The second-order valence-corrected chi connectivity index (χ2v) is 7.17. The summed E-state index contributed by atoms with van der Waals surface area (Å²) >= 11 is 6.09. The lowest BCUT2D eigenvalue weighted by Crippen LogP contribution is -2.45. The van der Waals surface area contributed by atoms with Gasteiger partial charge in [-0.1, -0.05) is 11.6 Å². The average molecular weight is 338 g/mol. The SMILES string of the molecule is Cc1cc(Cl)cc(C)c1CNC1CCN(CC(=O)N(C)C)CC1. The highest BCUT2D eigenvalue weighted by molar-refractivity contribution is 6.30. The topological polar surface area (TPSA) is 35.6 Å². The predicted octanol–water partition coefficient (Wildman–Crippen LogP) is 2.60. The van der Waals surface area contributed by atoms with E-state index in [-0.39, 0.29) is 5.91 Å². The second kappa shape index (κ2) is 8.13. The first-order valence-corrected chi connectivity index (χ1v) is 8.66. The van der Waals surface area contributed by atoms with Gasteiger partial charge in [-0.3, -0.25) is 9.69 Å². The summed E-state index contributed by atoms with van der Waals surface area (Å²) in [7, 11) is 3.63. The van der Waals surface area contributed by atoms with Crippen LogP contribution < -0.4 is 5.32 Å². The summed E-state index contributed by atoms with van der Waals surface area (Å²) in [6.45, 7) is 7.62. The fraction of sp³-hybridized carbons (Fsp3) is 0.611. The lowest BCUT2D eigenvalue weighted by atomic mass is 10.0. The molecule has 0 aliphatic carbocycles. The van der Waals surface area contributed by atoms with Crippen molar-refractivity contribution >= 4 is 17.5 Å². The second-order valence-electron chi connectivity index (χ2n) is 6.74. The van der Waals surface area contributed by atoms with Crippen molar-refractivity contribution in [3.63, 3.8) is 0 Å². The van der Waals surface area contributed by atoms with Gasteiger partial charge in [0.05, 0.1) is 6.54 Å². The molecule has 0 atom stereocenters. The molecule has 1 fully saturated rings. The smallest absolute Gasteiger partial charge is 0.236 e. The van der Waals surface area contributed by atoms with E-state index in [0.29, 0.717) is 12.6 Å². The van der Waals surface area contributed by atoms with Crippen molar-refractivity contribution in [1.29, 1.82) is 0 Å². The number of halogens is 1. The molecule has 1 N–H and O–H groups in total. The van der Waals surface area contributed by atoms with Crippen molar-refractivity contribution in [3.05, 3.63) is 33.8 Å². The Morgan fingerprint density at radius 2 is 1.83 bits per heavy atom. The molecule has 4 nitrogen and oxygen atoms in total. The summed E-state index contributed by atoms with van der Waals surface area (Å²) < 4.78 is 0. The Labute approximate surface area is 144 Å². The van der Waals surface area contributed by atoms with E-state index >= 15 is 0 Å². The van der Waals surface area contributed by atoms with Crippen LogP contribution in [0, 0.1) is 13.8 Å².